The molecule has 3 rings (SSSR count). The monoisotopic (exact) mass is 501 g/mol. The van der Waals surface area contributed by atoms with Gasteiger partial charge in [0.05, 0.1) is 12.8 Å². The molecule has 0 aliphatic carbocycles. The van der Waals surface area contributed by atoms with Crippen molar-refractivity contribution in [2.24, 2.45) is 5.10 Å². The van der Waals surface area contributed by atoms with E-state index in [0.29, 0.717) is 28.3 Å². The Labute approximate surface area is 214 Å². The SMILES string of the molecule is COCc1cc(C)n(CC(=O)N/N=C/c2ccc(OCC(=O)Nc3ccc(C)cc3)cc2)c(=O)c1C#N. The molecule has 2 amide bonds. The molecule has 0 aliphatic heterocycles. The lowest BCUT2D eigenvalue weighted by molar-refractivity contribution is -0.121. The van der Waals surface area contributed by atoms with Crippen molar-refractivity contribution in [1.29, 1.82) is 5.26 Å². The number of hydrogen-bond donors (Lipinski definition) is 2. The van der Waals surface area contributed by atoms with E-state index in [1.165, 1.54) is 17.9 Å². The number of benzene rings is 2. The van der Waals surface area contributed by atoms with Crippen LogP contribution in [0.1, 0.15) is 27.9 Å². The van der Waals surface area contributed by atoms with Crippen molar-refractivity contribution in [3.05, 3.63) is 92.9 Å². The predicted octanol–water partition coefficient (Wildman–Crippen LogP) is 2.65. The summed E-state index contributed by atoms with van der Waals surface area (Å²) in [5.41, 5.74) is 5.24. The zero-order valence-electron chi connectivity index (χ0n) is 20.8. The largest absolute Gasteiger partial charge is 0.484 e. The molecule has 2 N–H and O–H groups in total. The first-order chi connectivity index (χ1) is 17.8. The summed E-state index contributed by atoms with van der Waals surface area (Å²) < 4.78 is 11.7. The van der Waals surface area contributed by atoms with E-state index >= 15 is 0 Å². The summed E-state index contributed by atoms with van der Waals surface area (Å²) in [6.07, 6.45) is 1.43. The number of anilines is 1. The third-order valence-corrected chi connectivity index (χ3v) is 5.29. The number of nitriles is 1. The number of rotatable bonds is 10. The molecule has 0 saturated carbocycles. The summed E-state index contributed by atoms with van der Waals surface area (Å²) >= 11 is 0. The molecule has 10 heteroatoms. The van der Waals surface area contributed by atoms with Crippen molar-refractivity contribution in [3.63, 3.8) is 0 Å². The maximum absolute atomic E-state index is 12.6. The fourth-order valence-electron chi connectivity index (χ4n) is 3.41. The van der Waals surface area contributed by atoms with Crippen molar-refractivity contribution in [3.8, 4) is 11.8 Å². The molecule has 0 aliphatic rings. The first-order valence-corrected chi connectivity index (χ1v) is 11.3. The molecule has 0 saturated heterocycles. The Morgan fingerprint density at radius 2 is 1.78 bits per heavy atom. The molecule has 2 aromatic carbocycles. The van der Waals surface area contributed by atoms with Crippen LogP contribution in [0.2, 0.25) is 0 Å². The van der Waals surface area contributed by atoms with Crippen LogP contribution >= 0.6 is 0 Å². The Hall–Kier alpha value is -4.75. The third-order valence-electron chi connectivity index (χ3n) is 5.29. The molecule has 1 heterocycles. The predicted molar refractivity (Wildman–Crippen MR) is 138 cm³/mol. The number of hydrazone groups is 1. The number of amides is 2. The van der Waals surface area contributed by atoms with Gasteiger partial charge in [0.1, 0.15) is 23.9 Å². The molecule has 0 spiro atoms. The lowest BCUT2D eigenvalue weighted by Gasteiger charge is -2.12. The van der Waals surface area contributed by atoms with E-state index in [0.717, 1.165) is 5.56 Å². The lowest BCUT2D eigenvalue weighted by Crippen LogP contribution is -2.33. The van der Waals surface area contributed by atoms with Gasteiger partial charge in [0.25, 0.3) is 17.4 Å². The number of carbonyl (C=O) groups excluding carboxylic acids is 2. The molecule has 190 valence electrons. The van der Waals surface area contributed by atoms with Crippen molar-refractivity contribution < 1.29 is 19.1 Å². The molecular weight excluding hydrogens is 474 g/mol. The molecule has 0 atom stereocenters. The highest BCUT2D eigenvalue weighted by molar-refractivity contribution is 5.91. The Bertz CT molecular complexity index is 1390. The van der Waals surface area contributed by atoms with Crippen LogP contribution in [-0.4, -0.2) is 36.3 Å². The quantitative estimate of drug-likeness (QED) is 0.324. The van der Waals surface area contributed by atoms with E-state index in [-0.39, 0.29) is 31.2 Å². The number of aryl methyl sites for hydroxylation is 2. The third kappa shape index (κ3) is 7.62. The van der Waals surface area contributed by atoms with Gasteiger partial charge in [0.2, 0.25) is 0 Å². The summed E-state index contributed by atoms with van der Waals surface area (Å²) in [4.78, 5) is 37.0. The maximum atomic E-state index is 12.6. The fraction of sp³-hybridized carbons (Fsp3) is 0.222. The molecule has 0 unspecified atom stereocenters. The second-order valence-electron chi connectivity index (χ2n) is 8.19. The van der Waals surface area contributed by atoms with Gasteiger partial charge in [0.15, 0.2) is 6.61 Å². The van der Waals surface area contributed by atoms with E-state index in [4.69, 9.17) is 9.47 Å². The van der Waals surface area contributed by atoms with Crippen LogP contribution in [-0.2, 0) is 27.5 Å². The number of methoxy groups -OCH3 is 1. The van der Waals surface area contributed by atoms with E-state index in [2.05, 4.69) is 15.8 Å². The van der Waals surface area contributed by atoms with Crippen LogP contribution in [0.15, 0.2) is 64.5 Å². The van der Waals surface area contributed by atoms with Gasteiger partial charge in [-0.1, -0.05) is 17.7 Å². The van der Waals surface area contributed by atoms with E-state index < -0.39 is 11.5 Å². The first kappa shape index (κ1) is 26.8. The standard InChI is InChI=1S/C27H27N5O5/c1-18-4-8-22(9-5-18)30-26(34)17-37-23-10-6-20(7-11-23)14-29-31-25(33)15-32-19(2)12-21(16-36-3)24(13-28)27(32)35/h4-12,14H,15-17H2,1-3H3,(H,30,34)(H,31,33)/b29-14+. The van der Waals surface area contributed by atoms with Crippen LogP contribution in [0.4, 0.5) is 5.69 Å². The number of pyridine rings is 1. The summed E-state index contributed by atoms with van der Waals surface area (Å²) in [7, 11) is 1.47. The summed E-state index contributed by atoms with van der Waals surface area (Å²) in [6, 6.07) is 17.8. The smallest absolute Gasteiger partial charge is 0.269 e. The van der Waals surface area contributed by atoms with Crippen molar-refractivity contribution >= 4 is 23.7 Å². The molecule has 0 fully saturated rings. The van der Waals surface area contributed by atoms with Crippen molar-refractivity contribution in [1.82, 2.24) is 9.99 Å². The number of hydrogen-bond acceptors (Lipinski definition) is 7. The maximum Gasteiger partial charge on any atom is 0.269 e. The zero-order valence-corrected chi connectivity index (χ0v) is 20.8. The highest BCUT2D eigenvalue weighted by Gasteiger charge is 2.14. The van der Waals surface area contributed by atoms with Gasteiger partial charge in [-0.05, 0) is 61.9 Å². The van der Waals surface area contributed by atoms with E-state index in [1.807, 2.05) is 37.3 Å². The van der Waals surface area contributed by atoms with Gasteiger partial charge >= 0.3 is 0 Å². The van der Waals surface area contributed by atoms with E-state index in [9.17, 15) is 19.6 Å². The Morgan fingerprint density at radius 3 is 2.43 bits per heavy atom. The van der Waals surface area contributed by atoms with E-state index in [1.54, 1.807) is 37.3 Å². The van der Waals surface area contributed by atoms with Crippen molar-refractivity contribution in [2.75, 3.05) is 19.0 Å². The molecule has 37 heavy (non-hydrogen) atoms. The topological polar surface area (TPSA) is 135 Å². The molecule has 0 bridgehead atoms. The number of ether oxygens (including phenoxy) is 2. The number of aromatic nitrogens is 1. The van der Waals surface area contributed by atoms with Gasteiger partial charge in [-0.15, -0.1) is 0 Å². The molecule has 3 aromatic rings. The highest BCUT2D eigenvalue weighted by Crippen LogP contribution is 2.12. The van der Waals surface area contributed by atoms with Crippen LogP contribution in [0, 0.1) is 25.2 Å². The van der Waals surface area contributed by atoms with Gasteiger partial charge < -0.3 is 19.4 Å². The van der Waals surface area contributed by atoms with Crippen molar-refractivity contribution in [2.45, 2.75) is 27.0 Å². The average molecular weight is 502 g/mol. The first-order valence-electron chi connectivity index (χ1n) is 11.3. The fourth-order valence-corrected chi connectivity index (χ4v) is 3.41. The minimum absolute atomic E-state index is 0.0568. The average Bonchev–Trinajstić information content (AvgIpc) is 2.88. The van der Waals surface area contributed by atoms with Gasteiger partial charge in [-0.25, -0.2) is 5.43 Å². The Morgan fingerprint density at radius 1 is 1.08 bits per heavy atom. The minimum atomic E-state index is -0.559. The minimum Gasteiger partial charge on any atom is -0.484 e. The Kier molecular flexibility index (Phi) is 9.29. The van der Waals surface area contributed by atoms with Crippen LogP contribution in [0.5, 0.6) is 5.75 Å². The number of nitrogens with zero attached hydrogens (tertiary/aromatic N) is 3. The molecule has 10 nitrogen and oxygen atoms in total. The molecule has 1 aromatic heterocycles. The summed E-state index contributed by atoms with van der Waals surface area (Å²) in [6.45, 7) is 3.34. The number of carbonyl (C=O) groups is 2. The molecular formula is C27H27N5O5. The lowest BCUT2D eigenvalue weighted by atomic mass is 10.1. The Balaban J connectivity index is 1.51. The highest BCUT2D eigenvalue weighted by atomic mass is 16.5. The van der Waals surface area contributed by atoms with Crippen LogP contribution in [0.25, 0.3) is 0 Å². The zero-order chi connectivity index (χ0) is 26.8. The normalized spacial score (nSPS) is 10.6. The summed E-state index contributed by atoms with van der Waals surface area (Å²) in [5, 5.41) is 16.0. The number of nitrogens with one attached hydrogen (secondary N) is 2. The van der Waals surface area contributed by atoms with Gasteiger partial charge in [-0.2, -0.15) is 10.4 Å². The summed E-state index contributed by atoms with van der Waals surface area (Å²) in [5.74, 6) is -0.300. The van der Waals surface area contributed by atoms with Gasteiger partial charge in [-0.3, -0.25) is 14.4 Å². The van der Waals surface area contributed by atoms with Gasteiger partial charge in [0, 0.05) is 24.1 Å². The molecule has 0 radical (unpaired) electrons. The second kappa shape index (κ2) is 12.8. The second-order valence-corrected chi connectivity index (χ2v) is 8.19. The van der Waals surface area contributed by atoms with Crippen LogP contribution in [0.3, 0.4) is 0 Å². The van der Waals surface area contributed by atoms with Crippen LogP contribution < -0.4 is 21.0 Å².